The number of hydrogen-bond acceptors (Lipinski definition) is 3. The van der Waals surface area contributed by atoms with Crippen LogP contribution in [0.5, 0.6) is 0 Å². The van der Waals surface area contributed by atoms with E-state index in [4.69, 9.17) is 4.74 Å². The second-order valence-corrected chi connectivity index (χ2v) is 7.72. The molecular weight excluding hydrogens is 353 g/mol. The third kappa shape index (κ3) is 2.48. The Kier molecular flexibility index (Phi) is 3.53. The summed E-state index contributed by atoms with van der Waals surface area (Å²) in [6.07, 6.45) is 5.82. The van der Waals surface area contributed by atoms with Crippen LogP contribution in [-0.4, -0.2) is 16.4 Å². The summed E-state index contributed by atoms with van der Waals surface area (Å²) in [4.78, 5) is 17.1. The van der Waals surface area contributed by atoms with Crippen molar-refractivity contribution in [1.29, 1.82) is 0 Å². The van der Waals surface area contributed by atoms with E-state index in [0.717, 1.165) is 27.5 Å². The first-order valence-corrected chi connectivity index (χ1v) is 9.24. The van der Waals surface area contributed by atoms with Crippen LogP contribution < -0.4 is 0 Å². The molecule has 0 unspecified atom stereocenters. The highest BCUT2D eigenvalue weighted by atomic mass is 19.1. The molecule has 0 atom stereocenters. The predicted molar refractivity (Wildman–Crippen MR) is 107 cm³/mol. The summed E-state index contributed by atoms with van der Waals surface area (Å²) in [6, 6.07) is 12.6. The van der Waals surface area contributed by atoms with Crippen molar-refractivity contribution in [3.05, 3.63) is 89.2 Å². The van der Waals surface area contributed by atoms with Gasteiger partial charge in [-0.3, -0.25) is 9.78 Å². The van der Waals surface area contributed by atoms with E-state index in [1.807, 2.05) is 50.5 Å². The van der Waals surface area contributed by atoms with E-state index in [9.17, 15) is 9.18 Å². The summed E-state index contributed by atoms with van der Waals surface area (Å²) >= 11 is 0. The topological polar surface area (TPSA) is 39.2 Å². The zero-order valence-electron chi connectivity index (χ0n) is 15.6. The van der Waals surface area contributed by atoms with Gasteiger partial charge in [-0.1, -0.05) is 30.3 Å². The summed E-state index contributed by atoms with van der Waals surface area (Å²) in [5, 5.41) is 2.14. The van der Waals surface area contributed by atoms with Crippen molar-refractivity contribution in [2.45, 2.75) is 25.9 Å². The van der Waals surface area contributed by atoms with Crippen molar-refractivity contribution in [1.82, 2.24) is 4.98 Å². The molecule has 3 aromatic rings. The van der Waals surface area contributed by atoms with Gasteiger partial charge >= 0.3 is 0 Å². The second kappa shape index (κ2) is 5.86. The van der Waals surface area contributed by atoms with Gasteiger partial charge in [-0.05, 0) is 48.6 Å². The van der Waals surface area contributed by atoms with Gasteiger partial charge in [0, 0.05) is 35.3 Å². The van der Waals surface area contributed by atoms with Crippen LogP contribution in [0, 0.1) is 5.82 Å². The number of ether oxygens (including phenoxy) is 1. The molecule has 138 valence electrons. The SMILES string of the molecule is CC1(C)O/C(=C2/C(=O)Cc3cc(F)ccc32)C=C1c1cncc2ccccc12. The lowest BCUT2D eigenvalue weighted by Gasteiger charge is -2.24. The molecule has 0 amide bonds. The summed E-state index contributed by atoms with van der Waals surface area (Å²) < 4.78 is 19.8. The molecule has 0 fully saturated rings. The van der Waals surface area contributed by atoms with E-state index in [1.54, 1.807) is 6.07 Å². The maximum Gasteiger partial charge on any atom is 0.171 e. The van der Waals surface area contributed by atoms with Crippen molar-refractivity contribution in [2.24, 2.45) is 0 Å². The number of rotatable bonds is 1. The fourth-order valence-corrected chi connectivity index (χ4v) is 4.15. The van der Waals surface area contributed by atoms with Crippen LogP contribution in [0.1, 0.15) is 30.5 Å². The zero-order valence-corrected chi connectivity index (χ0v) is 15.6. The average Bonchev–Trinajstić information content (AvgIpc) is 3.15. The van der Waals surface area contributed by atoms with Crippen LogP contribution in [0.3, 0.4) is 0 Å². The molecule has 0 bridgehead atoms. The molecule has 2 heterocycles. The summed E-state index contributed by atoms with van der Waals surface area (Å²) in [6.45, 7) is 3.97. The predicted octanol–water partition coefficient (Wildman–Crippen LogP) is 5.10. The normalized spacial score (nSPS) is 20.2. The number of aromatic nitrogens is 1. The molecule has 4 heteroatoms. The van der Waals surface area contributed by atoms with E-state index in [2.05, 4.69) is 11.1 Å². The smallest absolute Gasteiger partial charge is 0.171 e. The molecule has 0 radical (unpaired) electrons. The number of Topliss-reactive ketones (excluding diaryl/α,β-unsaturated/α-hetero) is 1. The fraction of sp³-hybridized carbons (Fsp3) is 0.167. The largest absolute Gasteiger partial charge is 0.482 e. The molecule has 3 nitrogen and oxygen atoms in total. The van der Waals surface area contributed by atoms with Crippen LogP contribution in [0.25, 0.3) is 21.9 Å². The molecule has 5 rings (SSSR count). The first-order chi connectivity index (χ1) is 13.4. The molecule has 0 N–H and O–H groups in total. The van der Waals surface area contributed by atoms with E-state index >= 15 is 0 Å². The van der Waals surface area contributed by atoms with Gasteiger partial charge in [0.2, 0.25) is 0 Å². The number of pyridine rings is 1. The lowest BCUT2D eigenvalue weighted by atomic mass is 9.90. The summed E-state index contributed by atoms with van der Waals surface area (Å²) in [5.41, 5.74) is 3.35. The minimum atomic E-state index is -0.614. The number of ketones is 1. The van der Waals surface area contributed by atoms with Gasteiger partial charge in [0.15, 0.2) is 5.78 Å². The van der Waals surface area contributed by atoms with Crippen LogP contribution >= 0.6 is 0 Å². The Hall–Kier alpha value is -3.27. The highest BCUT2D eigenvalue weighted by molar-refractivity contribution is 6.26. The number of nitrogens with zero attached hydrogens (tertiary/aromatic N) is 1. The Morgan fingerprint density at radius 2 is 1.89 bits per heavy atom. The van der Waals surface area contributed by atoms with Crippen LogP contribution in [0.4, 0.5) is 4.39 Å². The molecular formula is C24H18FNO2. The standard InChI is InChI=1S/C24H18FNO2/c1-24(2)20(19-13-26-12-14-5-3-4-6-17(14)19)11-22(28-24)23-18-8-7-16(25)9-15(18)10-21(23)27/h3-9,11-13H,10H2,1-2H3/b23-22+. The van der Waals surface area contributed by atoms with E-state index in [1.165, 1.54) is 12.1 Å². The molecule has 1 aliphatic heterocycles. The maximum absolute atomic E-state index is 13.6. The third-order valence-electron chi connectivity index (χ3n) is 5.46. The van der Waals surface area contributed by atoms with E-state index in [-0.39, 0.29) is 18.0 Å². The fourth-order valence-electron chi connectivity index (χ4n) is 4.15. The van der Waals surface area contributed by atoms with Crippen LogP contribution in [-0.2, 0) is 16.0 Å². The first-order valence-electron chi connectivity index (χ1n) is 9.24. The maximum atomic E-state index is 13.6. The number of carbonyl (C=O) groups is 1. The van der Waals surface area contributed by atoms with Crippen molar-refractivity contribution in [3.63, 3.8) is 0 Å². The van der Waals surface area contributed by atoms with Gasteiger partial charge in [-0.25, -0.2) is 4.39 Å². The quantitative estimate of drug-likeness (QED) is 0.559. The highest BCUT2D eigenvalue weighted by Crippen LogP contribution is 2.45. The number of hydrogen-bond donors (Lipinski definition) is 0. The van der Waals surface area contributed by atoms with E-state index in [0.29, 0.717) is 16.9 Å². The van der Waals surface area contributed by atoms with Gasteiger partial charge in [0.05, 0.1) is 5.57 Å². The Bertz CT molecular complexity index is 1220. The second-order valence-electron chi connectivity index (χ2n) is 7.72. The highest BCUT2D eigenvalue weighted by Gasteiger charge is 2.38. The number of halogens is 1. The van der Waals surface area contributed by atoms with Crippen LogP contribution in [0.2, 0.25) is 0 Å². The molecule has 1 aliphatic carbocycles. The van der Waals surface area contributed by atoms with Gasteiger partial charge < -0.3 is 4.74 Å². The minimum Gasteiger partial charge on any atom is -0.482 e. The Balaban J connectivity index is 1.72. The van der Waals surface area contributed by atoms with Crippen molar-refractivity contribution in [2.75, 3.05) is 0 Å². The van der Waals surface area contributed by atoms with Crippen molar-refractivity contribution in [3.8, 4) is 0 Å². The number of carbonyl (C=O) groups excluding carboxylic acids is 1. The van der Waals surface area contributed by atoms with Gasteiger partial charge in [-0.2, -0.15) is 0 Å². The Labute approximate surface area is 162 Å². The van der Waals surface area contributed by atoms with Gasteiger partial charge in [0.1, 0.15) is 17.2 Å². The minimum absolute atomic E-state index is 0.0417. The molecule has 2 aliphatic rings. The lowest BCUT2D eigenvalue weighted by Crippen LogP contribution is -2.21. The van der Waals surface area contributed by atoms with Gasteiger partial charge in [0.25, 0.3) is 0 Å². The molecule has 2 aromatic carbocycles. The number of allylic oxidation sites excluding steroid dienone is 2. The van der Waals surface area contributed by atoms with Crippen molar-refractivity contribution < 1.29 is 13.9 Å². The van der Waals surface area contributed by atoms with Crippen molar-refractivity contribution >= 4 is 27.7 Å². The Morgan fingerprint density at radius 3 is 2.75 bits per heavy atom. The lowest BCUT2D eigenvalue weighted by molar-refractivity contribution is -0.112. The number of fused-ring (bicyclic) bond motifs is 2. The molecule has 0 saturated heterocycles. The zero-order chi connectivity index (χ0) is 19.5. The summed E-state index contributed by atoms with van der Waals surface area (Å²) in [5.74, 6) is 0.173. The first kappa shape index (κ1) is 16.9. The van der Waals surface area contributed by atoms with E-state index < -0.39 is 5.60 Å². The average molecular weight is 371 g/mol. The molecule has 1 aromatic heterocycles. The molecule has 0 saturated carbocycles. The van der Waals surface area contributed by atoms with Gasteiger partial charge in [-0.15, -0.1) is 0 Å². The number of benzene rings is 2. The third-order valence-corrected chi connectivity index (χ3v) is 5.46. The monoisotopic (exact) mass is 371 g/mol. The summed E-state index contributed by atoms with van der Waals surface area (Å²) in [7, 11) is 0. The molecule has 28 heavy (non-hydrogen) atoms. The van der Waals surface area contributed by atoms with Crippen LogP contribution in [0.15, 0.2) is 66.7 Å². The molecule has 0 spiro atoms. The Morgan fingerprint density at radius 1 is 1.07 bits per heavy atom.